The van der Waals surface area contributed by atoms with Crippen LogP contribution >= 0.6 is 7.82 Å². The van der Waals surface area contributed by atoms with E-state index in [1.165, 1.54) is 180 Å². The first-order valence-corrected chi connectivity index (χ1v) is 26.7. The molecule has 0 aromatic heterocycles. The van der Waals surface area contributed by atoms with Crippen LogP contribution in [0.3, 0.4) is 0 Å². The van der Waals surface area contributed by atoms with Crippen LogP contribution in [0.1, 0.15) is 258 Å². The normalized spacial score (nSPS) is 13.2. The van der Waals surface area contributed by atoms with E-state index in [4.69, 9.17) is 24.3 Å². The molecule has 0 aromatic carbocycles. The molecule has 0 saturated carbocycles. The van der Waals surface area contributed by atoms with E-state index in [1.807, 2.05) is 0 Å². The number of phosphoric ester groups is 1. The maximum Gasteiger partial charge on any atom is 0.472 e. The van der Waals surface area contributed by atoms with Crippen molar-refractivity contribution in [3.05, 3.63) is 12.2 Å². The third kappa shape index (κ3) is 46.1. The second-order valence-electron chi connectivity index (χ2n) is 17.0. The highest BCUT2D eigenvalue weighted by atomic mass is 31.2. The van der Waals surface area contributed by atoms with Crippen molar-refractivity contribution in [3.63, 3.8) is 0 Å². The summed E-state index contributed by atoms with van der Waals surface area (Å²) in [5.74, 6) is -0.818. The zero-order valence-corrected chi connectivity index (χ0v) is 39.7. The summed E-state index contributed by atoms with van der Waals surface area (Å²) < 4.78 is 32.9. The van der Waals surface area contributed by atoms with Crippen molar-refractivity contribution >= 4 is 19.8 Å². The van der Waals surface area contributed by atoms with Crippen LogP contribution < -0.4 is 5.73 Å². The average molecular weight is 858 g/mol. The highest BCUT2D eigenvalue weighted by Crippen LogP contribution is 2.43. The molecule has 0 spiro atoms. The molecule has 350 valence electrons. The molecular weight excluding hydrogens is 762 g/mol. The number of ether oxygens (including phenoxy) is 2. The van der Waals surface area contributed by atoms with Crippen molar-refractivity contribution in [2.75, 3.05) is 26.4 Å². The van der Waals surface area contributed by atoms with Crippen LogP contribution in [-0.4, -0.2) is 49.3 Å². The Bertz CT molecular complexity index is 980. The zero-order valence-electron chi connectivity index (χ0n) is 38.8. The Kier molecular flexibility index (Phi) is 45.3. The van der Waals surface area contributed by atoms with Gasteiger partial charge in [-0.25, -0.2) is 4.57 Å². The van der Waals surface area contributed by atoms with Crippen LogP contribution in [0.15, 0.2) is 12.2 Å². The molecule has 2 unspecified atom stereocenters. The summed E-state index contributed by atoms with van der Waals surface area (Å²) in [6.45, 7) is 3.78. The number of unbranched alkanes of at least 4 members (excludes halogenated alkanes) is 33. The van der Waals surface area contributed by atoms with Gasteiger partial charge < -0.3 is 20.1 Å². The first-order chi connectivity index (χ1) is 28.8. The Balaban J connectivity index is 4.01. The molecular formula is C49H96NO8P. The van der Waals surface area contributed by atoms with Gasteiger partial charge in [-0.1, -0.05) is 219 Å². The number of phosphoric acid groups is 1. The second kappa shape index (κ2) is 46.3. The Morgan fingerprint density at radius 1 is 0.492 bits per heavy atom. The SMILES string of the molecule is CCCCCCCC/C=C\CCCCCCCCCC(=O)OC(COC(=O)CCCCCCCCCCCCCCCCCCCCCCC)COP(=O)(O)OCCN. The fourth-order valence-corrected chi connectivity index (χ4v) is 8.16. The summed E-state index contributed by atoms with van der Waals surface area (Å²) in [4.78, 5) is 35.0. The van der Waals surface area contributed by atoms with Crippen LogP contribution in [0, 0.1) is 0 Å². The van der Waals surface area contributed by atoms with Crippen LogP contribution in [0.4, 0.5) is 0 Å². The van der Waals surface area contributed by atoms with Crippen molar-refractivity contribution in [1.29, 1.82) is 0 Å². The van der Waals surface area contributed by atoms with Crippen LogP contribution in [0.2, 0.25) is 0 Å². The number of hydrogen-bond acceptors (Lipinski definition) is 8. The molecule has 0 aromatic rings. The minimum Gasteiger partial charge on any atom is -0.462 e. The number of rotatable bonds is 48. The molecule has 0 heterocycles. The molecule has 0 bridgehead atoms. The number of carbonyl (C=O) groups is 2. The Labute approximate surface area is 364 Å². The van der Waals surface area contributed by atoms with Gasteiger partial charge in [-0.05, 0) is 38.5 Å². The first kappa shape index (κ1) is 57.8. The van der Waals surface area contributed by atoms with E-state index < -0.39 is 26.5 Å². The van der Waals surface area contributed by atoms with Crippen LogP contribution in [0.25, 0.3) is 0 Å². The predicted octanol–water partition coefficient (Wildman–Crippen LogP) is 15.0. The van der Waals surface area contributed by atoms with Crippen molar-refractivity contribution in [1.82, 2.24) is 0 Å². The largest absolute Gasteiger partial charge is 0.472 e. The minimum absolute atomic E-state index is 0.0557. The maximum atomic E-state index is 12.6. The number of carbonyl (C=O) groups excluding carboxylic acids is 2. The van der Waals surface area contributed by atoms with E-state index in [-0.39, 0.29) is 38.6 Å². The molecule has 0 aliphatic carbocycles. The van der Waals surface area contributed by atoms with E-state index >= 15 is 0 Å². The second-order valence-corrected chi connectivity index (χ2v) is 18.5. The van der Waals surface area contributed by atoms with Crippen LogP contribution in [-0.2, 0) is 32.7 Å². The third-order valence-electron chi connectivity index (χ3n) is 11.2. The Morgan fingerprint density at radius 2 is 0.831 bits per heavy atom. The van der Waals surface area contributed by atoms with Gasteiger partial charge in [-0.15, -0.1) is 0 Å². The van der Waals surface area contributed by atoms with Gasteiger partial charge in [0, 0.05) is 19.4 Å². The number of esters is 2. The van der Waals surface area contributed by atoms with E-state index in [0.29, 0.717) is 6.42 Å². The quantitative estimate of drug-likeness (QED) is 0.0265. The first-order valence-electron chi connectivity index (χ1n) is 25.2. The Morgan fingerprint density at radius 3 is 1.20 bits per heavy atom. The fraction of sp³-hybridized carbons (Fsp3) is 0.918. The molecule has 59 heavy (non-hydrogen) atoms. The highest BCUT2D eigenvalue weighted by molar-refractivity contribution is 7.47. The molecule has 10 heteroatoms. The Hall–Kier alpha value is -1.25. The number of hydrogen-bond donors (Lipinski definition) is 2. The molecule has 0 amide bonds. The molecule has 2 atom stereocenters. The van der Waals surface area contributed by atoms with Gasteiger partial charge in [0.1, 0.15) is 6.61 Å². The molecule has 0 aliphatic rings. The van der Waals surface area contributed by atoms with Gasteiger partial charge in [0.05, 0.1) is 13.2 Å². The highest BCUT2D eigenvalue weighted by Gasteiger charge is 2.26. The van der Waals surface area contributed by atoms with E-state index in [2.05, 4.69) is 26.0 Å². The summed E-state index contributed by atoms with van der Waals surface area (Å²) in [6, 6.07) is 0. The van der Waals surface area contributed by atoms with Crippen LogP contribution in [0.5, 0.6) is 0 Å². The standard InChI is InChI=1S/C49H96NO8P/c1-3-5-7-9-11-13-15-17-19-21-22-23-24-26-27-29-31-33-35-37-39-41-48(51)55-45-47(46-57-59(53,54)56-44-43-50)58-49(52)42-40-38-36-34-32-30-28-25-20-18-16-14-12-10-8-6-4-2/h18,20,47H,3-17,19,21-46,50H2,1-2H3,(H,53,54)/b20-18-. The van der Waals surface area contributed by atoms with Crippen molar-refractivity contribution in [2.24, 2.45) is 5.73 Å². The number of nitrogens with two attached hydrogens (primary N) is 1. The number of allylic oxidation sites excluding steroid dienone is 2. The summed E-state index contributed by atoms with van der Waals surface area (Å²) in [5.41, 5.74) is 5.36. The van der Waals surface area contributed by atoms with Crippen molar-refractivity contribution in [2.45, 2.75) is 264 Å². The molecule has 0 fully saturated rings. The summed E-state index contributed by atoms with van der Waals surface area (Å²) in [6.07, 6.45) is 49.6. The average Bonchev–Trinajstić information content (AvgIpc) is 3.22. The van der Waals surface area contributed by atoms with Gasteiger partial charge in [0.15, 0.2) is 6.10 Å². The van der Waals surface area contributed by atoms with Gasteiger partial charge >= 0.3 is 19.8 Å². The molecule has 0 rings (SSSR count). The van der Waals surface area contributed by atoms with E-state index in [0.717, 1.165) is 44.9 Å². The lowest BCUT2D eigenvalue weighted by Crippen LogP contribution is -2.29. The molecule has 0 aliphatic heterocycles. The minimum atomic E-state index is -4.38. The molecule has 0 saturated heterocycles. The topological polar surface area (TPSA) is 134 Å². The molecule has 3 N–H and O–H groups in total. The van der Waals surface area contributed by atoms with Gasteiger partial charge in [0.25, 0.3) is 0 Å². The van der Waals surface area contributed by atoms with Gasteiger partial charge in [0.2, 0.25) is 0 Å². The van der Waals surface area contributed by atoms with Crippen molar-refractivity contribution in [3.8, 4) is 0 Å². The van der Waals surface area contributed by atoms with E-state index in [1.54, 1.807) is 0 Å². The summed E-state index contributed by atoms with van der Waals surface area (Å²) in [5, 5.41) is 0. The van der Waals surface area contributed by atoms with Gasteiger partial charge in [-0.3, -0.25) is 18.6 Å². The zero-order chi connectivity index (χ0) is 43.2. The summed E-state index contributed by atoms with van der Waals surface area (Å²) >= 11 is 0. The lowest BCUT2D eigenvalue weighted by molar-refractivity contribution is -0.161. The summed E-state index contributed by atoms with van der Waals surface area (Å²) in [7, 11) is -4.38. The third-order valence-corrected chi connectivity index (χ3v) is 12.1. The molecule has 9 nitrogen and oxygen atoms in total. The monoisotopic (exact) mass is 858 g/mol. The lowest BCUT2D eigenvalue weighted by Gasteiger charge is -2.19. The van der Waals surface area contributed by atoms with Crippen molar-refractivity contribution < 1.29 is 37.6 Å². The lowest BCUT2D eigenvalue weighted by atomic mass is 10.0. The maximum absolute atomic E-state index is 12.6. The molecule has 0 radical (unpaired) electrons. The fourth-order valence-electron chi connectivity index (χ4n) is 7.40. The predicted molar refractivity (Wildman–Crippen MR) is 248 cm³/mol. The smallest absolute Gasteiger partial charge is 0.462 e. The van der Waals surface area contributed by atoms with Gasteiger partial charge in [-0.2, -0.15) is 0 Å². The van der Waals surface area contributed by atoms with E-state index in [9.17, 15) is 19.0 Å².